The van der Waals surface area contributed by atoms with Crippen molar-refractivity contribution in [3.63, 3.8) is 0 Å². The maximum absolute atomic E-state index is 12.6. The Hall–Kier alpha value is -2.93. The van der Waals surface area contributed by atoms with Crippen LogP contribution in [0.25, 0.3) is 0 Å². The van der Waals surface area contributed by atoms with Crippen molar-refractivity contribution in [3.05, 3.63) is 47.0 Å². The zero-order valence-corrected chi connectivity index (χ0v) is 16.9. The zero-order valence-electron chi connectivity index (χ0n) is 16.2. The third kappa shape index (κ3) is 5.79. The Morgan fingerprint density at radius 1 is 1.04 bits per heavy atom. The molecular formula is C20H23ClN2O5. The lowest BCUT2D eigenvalue weighted by Gasteiger charge is -2.13. The molecule has 0 heterocycles. The smallest absolute Gasteiger partial charge is 0.411 e. The summed E-state index contributed by atoms with van der Waals surface area (Å²) in [5.41, 5.74) is 1.30. The highest BCUT2D eigenvalue weighted by Gasteiger charge is 2.15. The Morgan fingerprint density at radius 2 is 1.71 bits per heavy atom. The number of rotatable bonds is 7. The lowest BCUT2D eigenvalue weighted by molar-refractivity contribution is 0.102. The van der Waals surface area contributed by atoms with E-state index in [0.717, 1.165) is 0 Å². The van der Waals surface area contributed by atoms with Gasteiger partial charge < -0.3 is 19.5 Å². The van der Waals surface area contributed by atoms with Gasteiger partial charge in [0.1, 0.15) is 0 Å². The molecule has 8 heteroatoms. The highest BCUT2D eigenvalue weighted by Crippen LogP contribution is 2.36. The van der Waals surface area contributed by atoms with Crippen LogP contribution in [0.4, 0.5) is 16.2 Å². The monoisotopic (exact) mass is 406 g/mol. The molecule has 2 N–H and O–H groups in total. The molecular weight excluding hydrogens is 384 g/mol. The molecule has 0 unspecified atom stereocenters. The lowest BCUT2D eigenvalue weighted by atomic mass is 10.1. The number of anilines is 2. The van der Waals surface area contributed by atoms with Crippen LogP contribution in [0.2, 0.25) is 5.02 Å². The number of amides is 2. The fourth-order valence-electron chi connectivity index (χ4n) is 2.32. The van der Waals surface area contributed by atoms with Crippen molar-refractivity contribution in [1.82, 2.24) is 0 Å². The van der Waals surface area contributed by atoms with E-state index in [9.17, 15) is 9.59 Å². The average molecular weight is 407 g/mol. The Morgan fingerprint density at radius 3 is 2.32 bits per heavy atom. The second kappa shape index (κ2) is 9.85. The molecule has 0 fully saturated rings. The minimum Gasteiger partial charge on any atom is -0.493 e. The van der Waals surface area contributed by atoms with Gasteiger partial charge in [0.25, 0.3) is 5.91 Å². The van der Waals surface area contributed by atoms with Crippen molar-refractivity contribution in [2.75, 3.05) is 31.5 Å². The van der Waals surface area contributed by atoms with E-state index in [1.54, 1.807) is 24.3 Å². The van der Waals surface area contributed by atoms with Crippen LogP contribution in [-0.2, 0) is 4.74 Å². The summed E-state index contributed by atoms with van der Waals surface area (Å²) in [7, 11) is 2.93. The molecule has 0 saturated heterocycles. The highest BCUT2D eigenvalue weighted by molar-refractivity contribution is 6.32. The van der Waals surface area contributed by atoms with Crippen molar-refractivity contribution in [3.8, 4) is 11.5 Å². The predicted molar refractivity (Wildman–Crippen MR) is 109 cm³/mol. The van der Waals surface area contributed by atoms with Gasteiger partial charge in [0.05, 0.1) is 25.8 Å². The summed E-state index contributed by atoms with van der Waals surface area (Å²) in [5, 5.41) is 5.63. The van der Waals surface area contributed by atoms with Crippen molar-refractivity contribution in [1.29, 1.82) is 0 Å². The number of ether oxygens (including phenoxy) is 3. The first-order chi connectivity index (χ1) is 13.3. The predicted octanol–water partition coefficient (Wildman–Crippen LogP) is 4.81. The lowest BCUT2D eigenvalue weighted by Crippen LogP contribution is -2.17. The van der Waals surface area contributed by atoms with E-state index in [0.29, 0.717) is 35.0 Å². The maximum Gasteiger partial charge on any atom is 0.411 e. The van der Waals surface area contributed by atoms with E-state index in [2.05, 4.69) is 10.6 Å². The summed E-state index contributed by atoms with van der Waals surface area (Å²) in [6, 6.07) is 9.74. The fraction of sp³-hybridized carbons (Fsp3) is 0.300. The van der Waals surface area contributed by atoms with E-state index in [1.165, 1.54) is 26.4 Å². The van der Waals surface area contributed by atoms with Crippen LogP contribution in [0.15, 0.2) is 36.4 Å². The van der Waals surface area contributed by atoms with Gasteiger partial charge in [-0.05, 0) is 36.2 Å². The molecule has 150 valence electrons. The fourth-order valence-corrected chi connectivity index (χ4v) is 2.61. The molecule has 0 atom stereocenters. The molecule has 2 rings (SSSR count). The quantitative estimate of drug-likeness (QED) is 0.688. The van der Waals surface area contributed by atoms with Crippen molar-refractivity contribution in [2.45, 2.75) is 13.8 Å². The van der Waals surface area contributed by atoms with E-state index in [1.807, 2.05) is 13.8 Å². The Balaban J connectivity index is 2.10. The topological polar surface area (TPSA) is 85.9 Å². The van der Waals surface area contributed by atoms with Gasteiger partial charge in [-0.2, -0.15) is 0 Å². The molecule has 28 heavy (non-hydrogen) atoms. The van der Waals surface area contributed by atoms with Crippen LogP contribution in [0.1, 0.15) is 24.2 Å². The van der Waals surface area contributed by atoms with E-state index in [4.69, 9.17) is 25.8 Å². The second-order valence-electron chi connectivity index (χ2n) is 6.35. The minimum absolute atomic E-state index is 0.240. The first-order valence-corrected chi connectivity index (χ1v) is 8.98. The number of methoxy groups -OCH3 is 2. The molecule has 2 amide bonds. The molecule has 7 nitrogen and oxygen atoms in total. The van der Waals surface area contributed by atoms with Gasteiger partial charge in [0.15, 0.2) is 11.5 Å². The molecule has 2 aromatic carbocycles. The van der Waals surface area contributed by atoms with Gasteiger partial charge in [-0.1, -0.05) is 31.5 Å². The van der Waals surface area contributed by atoms with Gasteiger partial charge in [-0.25, -0.2) is 4.79 Å². The van der Waals surface area contributed by atoms with Gasteiger partial charge in [-0.15, -0.1) is 0 Å². The summed E-state index contributed by atoms with van der Waals surface area (Å²) in [4.78, 5) is 24.3. The van der Waals surface area contributed by atoms with Crippen LogP contribution in [0.3, 0.4) is 0 Å². The van der Waals surface area contributed by atoms with Crippen LogP contribution in [0.5, 0.6) is 11.5 Å². The Labute approximate surface area is 168 Å². The number of halogens is 1. The summed E-state index contributed by atoms with van der Waals surface area (Å²) in [5.74, 6) is 0.558. The molecule has 0 bridgehead atoms. The summed E-state index contributed by atoms with van der Waals surface area (Å²) in [6.45, 7) is 4.22. The van der Waals surface area contributed by atoms with Crippen molar-refractivity contribution in [2.24, 2.45) is 5.92 Å². The summed E-state index contributed by atoms with van der Waals surface area (Å²) < 4.78 is 15.5. The van der Waals surface area contributed by atoms with Crippen LogP contribution >= 0.6 is 11.6 Å². The standard InChI is InChI=1S/C20H23ClN2O5/c1-12(2)11-28-20(25)23-15-7-5-6-14(10-15)22-19(24)13-8-16(21)18(27-4)17(9-13)26-3/h5-10,12H,11H2,1-4H3,(H,22,24)(H,23,25). The maximum atomic E-state index is 12.6. The molecule has 0 radical (unpaired) electrons. The third-order valence-corrected chi connectivity index (χ3v) is 3.89. The zero-order chi connectivity index (χ0) is 20.7. The minimum atomic E-state index is -0.552. The van der Waals surface area contributed by atoms with E-state index in [-0.39, 0.29) is 16.8 Å². The molecule has 0 aliphatic carbocycles. The second-order valence-corrected chi connectivity index (χ2v) is 6.75. The molecule has 0 aromatic heterocycles. The van der Waals surface area contributed by atoms with Crippen LogP contribution < -0.4 is 20.1 Å². The van der Waals surface area contributed by atoms with Gasteiger partial charge >= 0.3 is 6.09 Å². The van der Waals surface area contributed by atoms with E-state index < -0.39 is 6.09 Å². The van der Waals surface area contributed by atoms with Crippen LogP contribution in [-0.4, -0.2) is 32.8 Å². The Bertz CT molecular complexity index is 854. The number of carbonyl (C=O) groups excluding carboxylic acids is 2. The largest absolute Gasteiger partial charge is 0.493 e. The first kappa shape index (κ1) is 21.4. The van der Waals surface area contributed by atoms with Crippen molar-refractivity contribution < 1.29 is 23.8 Å². The van der Waals surface area contributed by atoms with Crippen molar-refractivity contribution >= 4 is 35.0 Å². The highest BCUT2D eigenvalue weighted by atomic mass is 35.5. The Kier molecular flexibility index (Phi) is 7.52. The number of nitrogens with one attached hydrogen (secondary N) is 2. The number of hydrogen-bond donors (Lipinski definition) is 2. The molecule has 0 aliphatic heterocycles. The first-order valence-electron chi connectivity index (χ1n) is 8.60. The summed E-state index contributed by atoms with van der Waals surface area (Å²) in [6.07, 6.45) is -0.552. The normalized spacial score (nSPS) is 10.4. The summed E-state index contributed by atoms with van der Waals surface area (Å²) >= 11 is 6.15. The third-order valence-electron chi connectivity index (χ3n) is 3.61. The SMILES string of the molecule is COc1cc(C(=O)Nc2cccc(NC(=O)OCC(C)C)c2)cc(Cl)c1OC. The van der Waals surface area contributed by atoms with Gasteiger partial charge in [0.2, 0.25) is 0 Å². The average Bonchev–Trinajstić information content (AvgIpc) is 2.65. The molecule has 2 aromatic rings. The molecule has 0 spiro atoms. The van der Waals surface area contributed by atoms with E-state index >= 15 is 0 Å². The number of carbonyl (C=O) groups is 2. The number of benzene rings is 2. The van der Waals surface area contributed by atoms with Gasteiger partial charge in [0, 0.05) is 16.9 Å². The van der Waals surface area contributed by atoms with Crippen LogP contribution in [0, 0.1) is 5.92 Å². The van der Waals surface area contributed by atoms with Gasteiger partial charge in [-0.3, -0.25) is 10.1 Å². The molecule has 0 saturated carbocycles. The number of hydrogen-bond acceptors (Lipinski definition) is 5. The molecule has 0 aliphatic rings.